The van der Waals surface area contributed by atoms with Crippen LogP contribution in [0.25, 0.3) is 10.8 Å². The lowest BCUT2D eigenvalue weighted by Gasteiger charge is -2.36. The summed E-state index contributed by atoms with van der Waals surface area (Å²) in [4.78, 5) is 14.8. The van der Waals surface area contributed by atoms with Crippen LogP contribution < -0.4 is 15.4 Å². The van der Waals surface area contributed by atoms with E-state index >= 15 is 0 Å². The number of fused-ring (bicyclic) bond motifs is 1. The van der Waals surface area contributed by atoms with Crippen molar-refractivity contribution in [2.24, 2.45) is 0 Å². The maximum atomic E-state index is 13.0. The highest BCUT2D eigenvalue weighted by atomic mass is 35.5. The Kier molecular flexibility index (Phi) is 8.33. The lowest BCUT2D eigenvalue weighted by Crippen LogP contribution is -2.54. The van der Waals surface area contributed by atoms with Crippen LogP contribution in [-0.4, -0.2) is 50.4 Å². The zero-order valence-corrected chi connectivity index (χ0v) is 19.2. The van der Waals surface area contributed by atoms with Crippen molar-refractivity contribution < 1.29 is 14.3 Å². The number of anilines is 1. The maximum Gasteiger partial charge on any atom is 0.322 e. The van der Waals surface area contributed by atoms with Crippen LogP contribution in [0.3, 0.4) is 0 Å². The zero-order valence-electron chi connectivity index (χ0n) is 18.4. The van der Waals surface area contributed by atoms with Gasteiger partial charge in [0.1, 0.15) is 5.75 Å². The number of nitrogens with one attached hydrogen (secondary N) is 2. The van der Waals surface area contributed by atoms with Crippen LogP contribution in [0.15, 0.2) is 66.7 Å². The number of ether oxygens (including phenoxy) is 2. The summed E-state index contributed by atoms with van der Waals surface area (Å²) in [5, 5.41) is 9.07. The molecule has 0 aromatic heterocycles. The van der Waals surface area contributed by atoms with Gasteiger partial charge in [0.25, 0.3) is 0 Å². The predicted molar refractivity (Wildman–Crippen MR) is 131 cm³/mol. The van der Waals surface area contributed by atoms with Gasteiger partial charge in [-0.3, -0.25) is 0 Å². The van der Waals surface area contributed by atoms with Crippen LogP contribution in [0, 0.1) is 0 Å². The third-order valence-electron chi connectivity index (χ3n) is 5.76. The normalized spacial score (nSPS) is 16.8. The third kappa shape index (κ3) is 5.51. The molecule has 1 saturated heterocycles. The molecule has 0 aliphatic carbocycles. The average Bonchev–Trinajstić information content (AvgIpc) is 2.82. The molecular formula is C25H30ClN3O3. The third-order valence-corrected chi connectivity index (χ3v) is 5.76. The van der Waals surface area contributed by atoms with Gasteiger partial charge < -0.3 is 25.0 Å². The van der Waals surface area contributed by atoms with E-state index in [0.29, 0.717) is 37.7 Å². The summed E-state index contributed by atoms with van der Waals surface area (Å²) < 4.78 is 10.9. The summed E-state index contributed by atoms with van der Waals surface area (Å²) in [5.74, 6) is 0.710. The molecule has 0 spiro atoms. The minimum Gasteiger partial charge on any atom is -0.497 e. The van der Waals surface area contributed by atoms with Gasteiger partial charge in [-0.15, -0.1) is 12.4 Å². The number of benzene rings is 3. The summed E-state index contributed by atoms with van der Waals surface area (Å²) in [6.07, 6.45) is 0. The Hall–Kier alpha value is -2.80. The highest BCUT2D eigenvalue weighted by Crippen LogP contribution is 2.24. The van der Waals surface area contributed by atoms with Crippen LogP contribution in [-0.2, 0) is 4.74 Å². The van der Waals surface area contributed by atoms with Crippen molar-refractivity contribution >= 4 is 34.9 Å². The molecule has 0 bridgehead atoms. The largest absolute Gasteiger partial charge is 0.497 e. The van der Waals surface area contributed by atoms with E-state index in [-0.39, 0.29) is 30.5 Å². The molecule has 0 saturated carbocycles. The van der Waals surface area contributed by atoms with Crippen LogP contribution in [0.2, 0.25) is 0 Å². The van der Waals surface area contributed by atoms with Crippen LogP contribution in [0.4, 0.5) is 10.5 Å². The van der Waals surface area contributed by atoms with Crippen LogP contribution in [0.5, 0.6) is 5.75 Å². The number of carbonyl (C=O) groups excluding carboxylic acids is 1. The van der Waals surface area contributed by atoms with Crippen molar-refractivity contribution in [1.82, 2.24) is 10.2 Å². The van der Waals surface area contributed by atoms with Gasteiger partial charge in [-0.1, -0.05) is 48.5 Å². The van der Waals surface area contributed by atoms with Crippen molar-refractivity contribution in [3.63, 3.8) is 0 Å². The quantitative estimate of drug-likeness (QED) is 0.557. The minimum absolute atomic E-state index is 0. The Bertz CT molecular complexity index is 1040. The van der Waals surface area contributed by atoms with Gasteiger partial charge >= 0.3 is 6.03 Å². The Morgan fingerprint density at radius 1 is 1.16 bits per heavy atom. The first-order valence-corrected chi connectivity index (χ1v) is 10.7. The Labute approximate surface area is 195 Å². The first kappa shape index (κ1) is 23.9. The fourth-order valence-electron chi connectivity index (χ4n) is 4.04. The second-order valence-corrected chi connectivity index (χ2v) is 7.78. The van der Waals surface area contributed by atoms with Gasteiger partial charge in [0.15, 0.2) is 0 Å². The number of methoxy groups -OCH3 is 1. The summed E-state index contributed by atoms with van der Waals surface area (Å²) in [5.41, 5.74) is 1.97. The lowest BCUT2D eigenvalue weighted by molar-refractivity contribution is 0.0151. The molecule has 0 radical (unpaired) electrons. The molecule has 32 heavy (non-hydrogen) atoms. The van der Waals surface area contributed by atoms with E-state index < -0.39 is 0 Å². The van der Waals surface area contributed by atoms with Gasteiger partial charge in [-0.2, -0.15) is 0 Å². The van der Waals surface area contributed by atoms with E-state index in [1.54, 1.807) is 7.11 Å². The summed E-state index contributed by atoms with van der Waals surface area (Å²) in [6.45, 7) is 4.43. The molecule has 1 aliphatic rings. The van der Waals surface area contributed by atoms with Crippen molar-refractivity contribution in [3.05, 3.63) is 72.3 Å². The molecule has 4 rings (SSSR count). The number of halogens is 1. The van der Waals surface area contributed by atoms with Gasteiger partial charge in [-0.25, -0.2) is 4.79 Å². The number of nitrogens with zero attached hydrogens (tertiary/aromatic N) is 1. The smallest absolute Gasteiger partial charge is 0.322 e. The summed E-state index contributed by atoms with van der Waals surface area (Å²) in [6, 6.07) is 22.2. The monoisotopic (exact) mass is 455 g/mol. The molecule has 1 fully saturated rings. The first-order valence-electron chi connectivity index (χ1n) is 10.7. The molecule has 1 heterocycles. The molecule has 3 aromatic carbocycles. The molecule has 1 aliphatic heterocycles. The molecule has 3 aromatic rings. The lowest BCUT2D eigenvalue weighted by atomic mass is 9.99. The van der Waals surface area contributed by atoms with Gasteiger partial charge in [-0.05, 0) is 35.4 Å². The number of hydrogen-bond acceptors (Lipinski definition) is 4. The van der Waals surface area contributed by atoms with E-state index in [9.17, 15) is 4.79 Å². The summed E-state index contributed by atoms with van der Waals surface area (Å²) >= 11 is 0. The zero-order chi connectivity index (χ0) is 21.6. The molecule has 7 heteroatoms. The Morgan fingerprint density at radius 3 is 2.78 bits per heavy atom. The topological polar surface area (TPSA) is 62.8 Å². The average molecular weight is 456 g/mol. The fourth-order valence-corrected chi connectivity index (χ4v) is 4.04. The minimum atomic E-state index is -0.124. The van der Waals surface area contributed by atoms with Crippen molar-refractivity contribution in [2.45, 2.75) is 19.0 Å². The molecule has 2 amide bonds. The maximum absolute atomic E-state index is 13.0. The number of rotatable bonds is 6. The Balaban J connectivity index is 0.00000289. The van der Waals surface area contributed by atoms with E-state index in [0.717, 1.165) is 0 Å². The Morgan fingerprint density at radius 2 is 1.94 bits per heavy atom. The highest BCUT2D eigenvalue weighted by molar-refractivity contribution is 5.90. The van der Waals surface area contributed by atoms with Crippen molar-refractivity contribution in [1.29, 1.82) is 0 Å². The fraction of sp³-hybridized carbons (Fsp3) is 0.320. The molecule has 2 N–H and O–H groups in total. The SMILES string of the molecule is COc1cccc(NC(=O)N2CCOCC2CN[C@H](C)c2cccc3ccccc23)c1.Cl. The van der Waals surface area contributed by atoms with Crippen LogP contribution in [0.1, 0.15) is 18.5 Å². The number of morpholine rings is 1. The van der Waals surface area contributed by atoms with Gasteiger partial charge in [0.05, 0.1) is 26.4 Å². The predicted octanol–water partition coefficient (Wildman–Crippen LogP) is 4.85. The van der Waals surface area contributed by atoms with E-state index in [2.05, 4.69) is 60.0 Å². The van der Waals surface area contributed by atoms with Crippen LogP contribution >= 0.6 is 12.4 Å². The highest BCUT2D eigenvalue weighted by Gasteiger charge is 2.28. The molecule has 2 atom stereocenters. The molecule has 6 nitrogen and oxygen atoms in total. The van der Waals surface area contributed by atoms with E-state index in [4.69, 9.17) is 9.47 Å². The second-order valence-electron chi connectivity index (χ2n) is 7.78. The number of urea groups is 1. The van der Waals surface area contributed by atoms with E-state index in [1.165, 1.54) is 16.3 Å². The molecule has 1 unspecified atom stereocenters. The number of amides is 2. The van der Waals surface area contributed by atoms with Crippen molar-refractivity contribution in [2.75, 3.05) is 38.7 Å². The first-order chi connectivity index (χ1) is 15.2. The number of hydrogen-bond donors (Lipinski definition) is 2. The standard InChI is InChI=1S/C25H29N3O3.ClH/c1-18(23-12-5-8-19-7-3-4-11-24(19)23)26-16-21-17-31-14-13-28(21)25(29)27-20-9-6-10-22(15-20)30-2;/h3-12,15,18,21,26H,13-14,16-17H2,1-2H3,(H,27,29);1H/t18-,21?;/m1./s1. The molecular weight excluding hydrogens is 426 g/mol. The number of carbonyl (C=O) groups is 1. The second kappa shape index (κ2) is 11.2. The van der Waals surface area contributed by atoms with Gasteiger partial charge in [0, 0.05) is 30.9 Å². The molecule has 170 valence electrons. The summed E-state index contributed by atoms with van der Waals surface area (Å²) in [7, 11) is 1.61. The van der Waals surface area contributed by atoms with Gasteiger partial charge in [0.2, 0.25) is 0 Å². The van der Waals surface area contributed by atoms with Crippen molar-refractivity contribution in [3.8, 4) is 5.75 Å². The van der Waals surface area contributed by atoms with E-state index in [1.807, 2.05) is 29.2 Å².